The molecule has 18 heavy (non-hydrogen) atoms. The average Bonchev–Trinajstić information content (AvgIpc) is 2.38. The van der Waals surface area contributed by atoms with E-state index in [1.807, 2.05) is 6.07 Å². The molecule has 3 N–H and O–H groups in total. The van der Waals surface area contributed by atoms with Crippen LogP contribution in [0, 0.1) is 6.07 Å². The molecule has 1 aromatic carbocycles. The number of urea groups is 1. The second-order valence-electron chi connectivity index (χ2n) is 4.35. The molecule has 1 aromatic rings. The first kappa shape index (κ1) is 12.9. The monoisotopic (exact) mass is 248 g/mol. The molecule has 5 heteroatoms. The number of amides is 2. The van der Waals surface area contributed by atoms with Gasteiger partial charge in [0, 0.05) is 24.8 Å². The molecule has 1 fully saturated rings. The van der Waals surface area contributed by atoms with Crippen LogP contribution >= 0.6 is 0 Å². The van der Waals surface area contributed by atoms with E-state index in [1.54, 1.807) is 12.1 Å². The quantitative estimate of drug-likeness (QED) is 0.849. The molecule has 1 aliphatic rings. The van der Waals surface area contributed by atoms with Gasteiger partial charge in [-0.2, -0.15) is 0 Å². The molecule has 0 saturated carbocycles. The second-order valence-corrected chi connectivity index (χ2v) is 4.35. The summed E-state index contributed by atoms with van der Waals surface area (Å²) in [5.41, 5.74) is 6.86. The SMILES string of the molecule is C[C@H](c1[c]ccc(NC(N)=O)c1)N1CCOCC1. The summed E-state index contributed by atoms with van der Waals surface area (Å²) in [6.45, 7) is 5.50. The third kappa shape index (κ3) is 3.21. The minimum Gasteiger partial charge on any atom is -0.379 e. The molecule has 2 amide bonds. The topological polar surface area (TPSA) is 67.6 Å². The van der Waals surface area contributed by atoms with E-state index in [-0.39, 0.29) is 6.04 Å². The highest BCUT2D eigenvalue weighted by Crippen LogP contribution is 2.23. The number of nitrogens with zero attached hydrogens (tertiary/aromatic N) is 1. The fourth-order valence-corrected chi connectivity index (χ4v) is 2.11. The Morgan fingerprint density at radius 2 is 2.28 bits per heavy atom. The third-order valence-corrected chi connectivity index (χ3v) is 3.13. The van der Waals surface area contributed by atoms with Gasteiger partial charge in [0.15, 0.2) is 0 Å². The van der Waals surface area contributed by atoms with E-state index in [2.05, 4.69) is 23.2 Å². The van der Waals surface area contributed by atoms with Crippen LogP contribution in [0.4, 0.5) is 10.5 Å². The maximum Gasteiger partial charge on any atom is 0.316 e. The molecule has 1 aliphatic heterocycles. The van der Waals surface area contributed by atoms with Crippen molar-refractivity contribution >= 4 is 11.7 Å². The number of benzene rings is 1. The molecule has 97 valence electrons. The van der Waals surface area contributed by atoms with Crippen molar-refractivity contribution in [2.24, 2.45) is 5.73 Å². The number of carbonyl (C=O) groups is 1. The van der Waals surface area contributed by atoms with E-state index in [9.17, 15) is 4.79 Å². The van der Waals surface area contributed by atoms with Crippen LogP contribution in [0.15, 0.2) is 18.2 Å². The zero-order valence-corrected chi connectivity index (χ0v) is 10.5. The number of morpholine rings is 1. The third-order valence-electron chi connectivity index (χ3n) is 3.13. The lowest BCUT2D eigenvalue weighted by Gasteiger charge is -2.32. The molecule has 2 rings (SSSR count). The number of primary amides is 1. The molecular formula is C13H18N3O2. The minimum atomic E-state index is -0.550. The van der Waals surface area contributed by atoms with Gasteiger partial charge in [-0.05, 0) is 30.7 Å². The van der Waals surface area contributed by atoms with Gasteiger partial charge in [-0.15, -0.1) is 0 Å². The minimum absolute atomic E-state index is 0.253. The van der Waals surface area contributed by atoms with Crippen molar-refractivity contribution in [1.29, 1.82) is 0 Å². The summed E-state index contributed by atoms with van der Waals surface area (Å²) in [6.07, 6.45) is 0. The van der Waals surface area contributed by atoms with Crippen LogP contribution in [0.2, 0.25) is 0 Å². The van der Waals surface area contributed by atoms with Gasteiger partial charge in [0.2, 0.25) is 0 Å². The number of nitrogens with one attached hydrogen (secondary N) is 1. The Bertz CT molecular complexity index is 416. The summed E-state index contributed by atoms with van der Waals surface area (Å²) in [6, 6.07) is 8.40. The first-order valence-corrected chi connectivity index (χ1v) is 6.06. The lowest BCUT2D eigenvalue weighted by Crippen LogP contribution is -2.38. The van der Waals surface area contributed by atoms with E-state index in [0.717, 1.165) is 31.9 Å². The van der Waals surface area contributed by atoms with Crippen LogP contribution in [-0.2, 0) is 4.74 Å². The van der Waals surface area contributed by atoms with Crippen LogP contribution in [0.3, 0.4) is 0 Å². The Labute approximate surface area is 107 Å². The van der Waals surface area contributed by atoms with Gasteiger partial charge >= 0.3 is 6.03 Å². The number of hydrogen-bond acceptors (Lipinski definition) is 3. The molecule has 1 saturated heterocycles. The largest absolute Gasteiger partial charge is 0.379 e. The zero-order valence-electron chi connectivity index (χ0n) is 10.5. The van der Waals surface area contributed by atoms with Crippen molar-refractivity contribution in [3.05, 3.63) is 29.8 Å². The van der Waals surface area contributed by atoms with Crippen LogP contribution in [-0.4, -0.2) is 37.2 Å². The molecule has 0 unspecified atom stereocenters. The van der Waals surface area contributed by atoms with Crippen molar-refractivity contribution in [3.63, 3.8) is 0 Å². The van der Waals surface area contributed by atoms with E-state index in [1.165, 1.54) is 0 Å². The first-order chi connectivity index (χ1) is 8.66. The van der Waals surface area contributed by atoms with Crippen molar-refractivity contribution in [1.82, 2.24) is 4.90 Å². The summed E-state index contributed by atoms with van der Waals surface area (Å²) in [5.74, 6) is 0. The maximum atomic E-state index is 10.8. The van der Waals surface area contributed by atoms with Gasteiger partial charge in [-0.1, -0.05) is 6.07 Å². The number of carbonyl (C=O) groups excluding carboxylic acids is 1. The zero-order chi connectivity index (χ0) is 13.0. The fraction of sp³-hybridized carbons (Fsp3) is 0.462. The van der Waals surface area contributed by atoms with Crippen LogP contribution in [0.1, 0.15) is 18.5 Å². The van der Waals surface area contributed by atoms with E-state index >= 15 is 0 Å². The highest BCUT2D eigenvalue weighted by molar-refractivity contribution is 5.87. The van der Waals surface area contributed by atoms with Gasteiger partial charge < -0.3 is 15.8 Å². The molecule has 1 atom stereocenters. The van der Waals surface area contributed by atoms with Crippen molar-refractivity contribution < 1.29 is 9.53 Å². The molecule has 1 radical (unpaired) electrons. The van der Waals surface area contributed by atoms with Gasteiger partial charge in [-0.25, -0.2) is 4.79 Å². The second kappa shape index (κ2) is 5.84. The van der Waals surface area contributed by atoms with E-state index < -0.39 is 6.03 Å². The smallest absolute Gasteiger partial charge is 0.316 e. The Balaban J connectivity index is 2.09. The average molecular weight is 248 g/mol. The summed E-state index contributed by atoms with van der Waals surface area (Å²) in [7, 11) is 0. The van der Waals surface area contributed by atoms with Gasteiger partial charge in [0.05, 0.1) is 13.2 Å². The summed E-state index contributed by atoms with van der Waals surface area (Å²) in [4.78, 5) is 13.2. The van der Waals surface area contributed by atoms with Crippen molar-refractivity contribution in [2.75, 3.05) is 31.6 Å². The number of anilines is 1. The highest BCUT2D eigenvalue weighted by atomic mass is 16.5. The van der Waals surface area contributed by atoms with Crippen molar-refractivity contribution in [2.45, 2.75) is 13.0 Å². The lowest BCUT2D eigenvalue weighted by atomic mass is 10.1. The molecule has 5 nitrogen and oxygen atoms in total. The van der Waals surface area contributed by atoms with E-state index in [0.29, 0.717) is 5.69 Å². The maximum absolute atomic E-state index is 10.8. The summed E-state index contributed by atoms with van der Waals surface area (Å²) < 4.78 is 5.34. The molecule has 0 spiro atoms. The fourth-order valence-electron chi connectivity index (χ4n) is 2.11. The Morgan fingerprint density at radius 3 is 2.94 bits per heavy atom. The van der Waals surface area contributed by atoms with Gasteiger partial charge in [0.1, 0.15) is 0 Å². The number of ether oxygens (including phenoxy) is 1. The number of nitrogens with two attached hydrogens (primary N) is 1. The predicted molar refractivity (Wildman–Crippen MR) is 69.3 cm³/mol. The van der Waals surface area contributed by atoms with E-state index in [4.69, 9.17) is 10.5 Å². The van der Waals surface area contributed by atoms with Crippen LogP contribution in [0.25, 0.3) is 0 Å². The molecule has 0 aliphatic carbocycles. The Kier molecular flexibility index (Phi) is 4.17. The highest BCUT2D eigenvalue weighted by Gasteiger charge is 2.18. The van der Waals surface area contributed by atoms with Crippen molar-refractivity contribution in [3.8, 4) is 0 Å². The molecule has 0 bridgehead atoms. The molecule has 0 aromatic heterocycles. The number of hydrogen-bond donors (Lipinski definition) is 2. The predicted octanol–water partition coefficient (Wildman–Crippen LogP) is 1.37. The summed E-state index contributed by atoms with van der Waals surface area (Å²) in [5, 5.41) is 2.58. The Morgan fingerprint density at radius 1 is 1.56 bits per heavy atom. The molecular weight excluding hydrogens is 230 g/mol. The van der Waals surface area contributed by atoms with Crippen LogP contribution in [0.5, 0.6) is 0 Å². The summed E-state index contributed by atoms with van der Waals surface area (Å²) >= 11 is 0. The van der Waals surface area contributed by atoms with Gasteiger partial charge in [-0.3, -0.25) is 4.90 Å². The number of rotatable bonds is 3. The first-order valence-electron chi connectivity index (χ1n) is 6.06. The van der Waals surface area contributed by atoms with Crippen LogP contribution < -0.4 is 11.1 Å². The normalized spacial score (nSPS) is 18.3. The lowest BCUT2D eigenvalue weighted by molar-refractivity contribution is 0.0198. The standard InChI is InChI=1S/C13H18N3O2/c1-10(16-5-7-18-8-6-16)11-3-2-4-12(9-11)15-13(14)17/h2,4,9-10H,5-8H2,1H3,(H3,14,15,17)/t10-/m1/s1. The Hall–Kier alpha value is -1.59. The van der Waals surface area contributed by atoms with Gasteiger partial charge in [0.25, 0.3) is 0 Å². The molecule has 1 heterocycles.